The number of benzene rings is 1. The van der Waals surface area contributed by atoms with Crippen LogP contribution in [0.15, 0.2) is 60.2 Å². The summed E-state index contributed by atoms with van der Waals surface area (Å²) < 4.78 is 6.87. The molecule has 11 nitrogen and oxygen atoms in total. The Morgan fingerprint density at radius 3 is 2.97 bits per heavy atom. The number of carbonyl (C=O) groups excluding carboxylic acids is 1. The fourth-order valence-corrected chi connectivity index (χ4v) is 4.40. The third kappa shape index (κ3) is 6.51. The molecule has 1 saturated heterocycles. The first-order valence-corrected chi connectivity index (χ1v) is 11.8. The maximum Gasteiger partial charge on any atom is 0.307 e. The predicted molar refractivity (Wildman–Crippen MR) is 134 cm³/mol. The topological polar surface area (TPSA) is 128 Å². The van der Waals surface area contributed by atoms with Crippen molar-refractivity contribution in [3.8, 4) is 5.75 Å². The zero-order chi connectivity index (χ0) is 25.3. The van der Waals surface area contributed by atoms with E-state index in [-0.39, 0.29) is 17.6 Å². The molecule has 3 heterocycles. The normalized spacial score (nSPS) is 16.2. The first-order chi connectivity index (χ1) is 17.5. The third-order valence-corrected chi connectivity index (χ3v) is 6.18. The van der Waals surface area contributed by atoms with Gasteiger partial charge in [-0.3, -0.25) is 29.5 Å². The van der Waals surface area contributed by atoms with Crippen LogP contribution in [0.25, 0.3) is 0 Å². The molecule has 0 spiro atoms. The number of hydrogen-bond donors (Lipinski definition) is 1. The van der Waals surface area contributed by atoms with Gasteiger partial charge in [-0.25, -0.2) is 5.43 Å². The minimum Gasteiger partial charge on any atom is -0.496 e. The minimum absolute atomic E-state index is 0.0781. The molecule has 0 radical (unpaired) electrons. The quantitative estimate of drug-likeness (QED) is 0.262. The number of likely N-dealkylation sites (tertiary alicyclic amines) is 1. The lowest BCUT2D eigenvalue weighted by Crippen LogP contribution is -2.36. The van der Waals surface area contributed by atoms with Gasteiger partial charge in [-0.05, 0) is 54.8 Å². The van der Waals surface area contributed by atoms with Crippen LogP contribution in [0.4, 0.5) is 5.69 Å². The molecule has 0 bridgehead atoms. The Bertz CT molecular complexity index is 1210. The summed E-state index contributed by atoms with van der Waals surface area (Å²) in [6.45, 7) is 1.91. The van der Waals surface area contributed by atoms with Crippen LogP contribution in [0.5, 0.6) is 5.75 Å². The monoisotopic (exact) mass is 491 g/mol. The van der Waals surface area contributed by atoms with Gasteiger partial charge in [0.2, 0.25) is 5.91 Å². The fourth-order valence-electron chi connectivity index (χ4n) is 4.40. The van der Waals surface area contributed by atoms with Crippen molar-refractivity contribution in [2.45, 2.75) is 38.3 Å². The lowest BCUT2D eigenvalue weighted by atomic mass is 9.96. The number of pyridine rings is 1. The van der Waals surface area contributed by atoms with Gasteiger partial charge < -0.3 is 4.74 Å². The molecule has 1 atom stereocenters. The number of aromatic nitrogens is 3. The molecule has 4 rings (SSSR count). The Labute approximate surface area is 208 Å². The second kappa shape index (κ2) is 12.0. The number of methoxy groups -OCH3 is 1. The highest BCUT2D eigenvalue weighted by atomic mass is 16.6. The summed E-state index contributed by atoms with van der Waals surface area (Å²) in [5, 5.41) is 19.0. The van der Waals surface area contributed by atoms with E-state index in [4.69, 9.17) is 4.74 Å². The average Bonchev–Trinajstić information content (AvgIpc) is 3.37. The average molecular weight is 492 g/mol. The first-order valence-electron chi connectivity index (χ1n) is 11.8. The highest BCUT2D eigenvalue weighted by Crippen LogP contribution is 2.30. The summed E-state index contributed by atoms with van der Waals surface area (Å²) >= 11 is 0. The number of nitrogens with zero attached hydrogens (tertiary/aromatic N) is 6. The molecular weight excluding hydrogens is 462 g/mol. The molecule has 0 aliphatic carbocycles. The largest absolute Gasteiger partial charge is 0.496 e. The SMILES string of the molecule is COc1ccc(/C=N/NC(=O)CCN2CCCCC2c2cccnc2)cc1Cn1cc([N+](=O)[O-])cn1. The predicted octanol–water partition coefficient (Wildman–Crippen LogP) is 3.31. The third-order valence-electron chi connectivity index (χ3n) is 6.18. The minimum atomic E-state index is -0.489. The molecule has 1 aliphatic rings. The second-order valence-corrected chi connectivity index (χ2v) is 8.60. The molecule has 1 N–H and O–H groups in total. The van der Waals surface area contributed by atoms with Gasteiger partial charge >= 0.3 is 5.69 Å². The first kappa shape index (κ1) is 25.0. The maximum atomic E-state index is 12.4. The molecular formula is C25H29N7O4. The van der Waals surface area contributed by atoms with Crippen LogP contribution in [0.3, 0.4) is 0 Å². The van der Waals surface area contributed by atoms with E-state index in [0.717, 1.165) is 30.5 Å². The summed E-state index contributed by atoms with van der Waals surface area (Å²) in [6.07, 6.45) is 11.5. The number of rotatable bonds is 10. The van der Waals surface area contributed by atoms with Crippen LogP contribution in [-0.2, 0) is 11.3 Å². The van der Waals surface area contributed by atoms with Gasteiger partial charge in [0.05, 0.1) is 24.8 Å². The zero-order valence-electron chi connectivity index (χ0n) is 20.1. The van der Waals surface area contributed by atoms with Crippen molar-refractivity contribution in [2.75, 3.05) is 20.2 Å². The van der Waals surface area contributed by atoms with Crippen LogP contribution in [0, 0.1) is 10.1 Å². The zero-order valence-corrected chi connectivity index (χ0v) is 20.1. The van der Waals surface area contributed by atoms with E-state index < -0.39 is 4.92 Å². The van der Waals surface area contributed by atoms with E-state index in [0.29, 0.717) is 25.3 Å². The van der Waals surface area contributed by atoms with Crippen molar-refractivity contribution >= 4 is 17.8 Å². The standard InChI is InChI=1S/C25H29N7O4/c1-36-24-8-7-19(13-21(24)17-31-18-22(16-28-31)32(34)35)14-27-29-25(33)9-12-30-11-3-2-6-23(30)20-5-4-10-26-15-20/h4-5,7-8,10,13-16,18,23H,2-3,6,9,11-12,17H2,1H3,(H,29,33)/b27-14+. The molecule has 1 amide bonds. The number of carbonyl (C=O) groups is 1. The molecule has 1 unspecified atom stereocenters. The van der Waals surface area contributed by atoms with Crippen molar-refractivity contribution in [1.82, 2.24) is 25.1 Å². The molecule has 2 aromatic heterocycles. The molecule has 188 valence electrons. The number of amides is 1. The molecule has 11 heteroatoms. The Morgan fingerprint density at radius 1 is 1.33 bits per heavy atom. The van der Waals surface area contributed by atoms with Gasteiger partial charge in [-0.1, -0.05) is 12.5 Å². The Balaban J connectivity index is 1.32. The lowest BCUT2D eigenvalue weighted by molar-refractivity contribution is -0.385. The van der Waals surface area contributed by atoms with E-state index >= 15 is 0 Å². The van der Waals surface area contributed by atoms with Crippen molar-refractivity contribution in [2.24, 2.45) is 5.10 Å². The molecule has 36 heavy (non-hydrogen) atoms. The van der Waals surface area contributed by atoms with Gasteiger partial charge in [0.15, 0.2) is 0 Å². The summed E-state index contributed by atoms with van der Waals surface area (Å²) in [5.74, 6) is 0.471. The second-order valence-electron chi connectivity index (χ2n) is 8.60. The van der Waals surface area contributed by atoms with Crippen LogP contribution in [0.1, 0.15) is 48.4 Å². The van der Waals surface area contributed by atoms with Crippen molar-refractivity contribution in [3.05, 3.63) is 81.9 Å². The number of hydrogen-bond acceptors (Lipinski definition) is 8. The summed E-state index contributed by atoms with van der Waals surface area (Å²) in [4.78, 5) is 29.4. The maximum absolute atomic E-state index is 12.4. The van der Waals surface area contributed by atoms with Crippen LogP contribution in [-0.4, -0.2) is 56.9 Å². The lowest BCUT2D eigenvalue weighted by Gasteiger charge is -2.35. The van der Waals surface area contributed by atoms with Gasteiger partial charge in [0.25, 0.3) is 0 Å². The van der Waals surface area contributed by atoms with E-state index in [1.54, 1.807) is 25.6 Å². The van der Waals surface area contributed by atoms with Gasteiger partial charge in [-0.2, -0.15) is 10.2 Å². The molecule has 0 saturated carbocycles. The summed E-state index contributed by atoms with van der Waals surface area (Å²) in [5.41, 5.74) is 5.24. The number of ether oxygens (including phenoxy) is 1. The fraction of sp³-hybridized carbons (Fsp3) is 0.360. The van der Waals surface area contributed by atoms with Crippen molar-refractivity contribution in [3.63, 3.8) is 0 Å². The summed E-state index contributed by atoms with van der Waals surface area (Å²) in [7, 11) is 1.56. The van der Waals surface area contributed by atoms with E-state index in [9.17, 15) is 14.9 Å². The summed E-state index contributed by atoms with van der Waals surface area (Å²) in [6, 6.07) is 9.78. The number of hydrazone groups is 1. The number of piperidine rings is 1. The number of nitro groups is 1. The van der Waals surface area contributed by atoms with Gasteiger partial charge in [0, 0.05) is 37.0 Å². The smallest absolute Gasteiger partial charge is 0.307 e. The van der Waals surface area contributed by atoms with Gasteiger partial charge in [-0.15, -0.1) is 0 Å². The van der Waals surface area contributed by atoms with Crippen LogP contribution < -0.4 is 10.2 Å². The van der Waals surface area contributed by atoms with E-state index in [1.165, 1.54) is 29.1 Å². The highest BCUT2D eigenvalue weighted by Gasteiger charge is 2.24. The molecule has 1 aromatic carbocycles. The Kier molecular flexibility index (Phi) is 8.35. The van der Waals surface area contributed by atoms with Gasteiger partial charge in [0.1, 0.15) is 18.1 Å². The molecule has 1 fully saturated rings. The molecule has 1 aliphatic heterocycles. The van der Waals surface area contributed by atoms with Crippen molar-refractivity contribution in [1.29, 1.82) is 0 Å². The van der Waals surface area contributed by atoms with Crippen LogP contribution >= 0.6 is 0 Å². The Morgan fingerprint density at radius 2 is 2.22 bits per heavy atom. The number of nitrogens with one attached hydrogen (secondary N) is 1. The molecule has 3 aromatic rings. The highest BCUT2D eigenvalue weighted by molar-refractivity contribution is 5.83. The van der Waals surface area contributed by atoms with E-state index in [2.05, 4.69) is 31.6 Å². The Hall–Kier alpha value is -4.12. The van der Waals surface area contributed by atoms with Crippen molar-refractivity contribution < 1.29 is 14.5 Å². The van der Waals surface area contributed by atoms with E-state index in [1.807, 2.05) is 24.4 Å². The van der Waals surface area contributed by atoms with Crippen LogP contribution in [0.2, 0.25) is 0 Å².